The molecule has 0 atom stereocenters. The van der Waals surface area contributed by atoms with E-state index in [9.17, 15) is 13.2 Å². The molecular formula is C27H29NO4S. The highest BCUT2D eigenvalue weighted by molar-refractivity contribution is 7.92. The van der Waals surface area contributed by atoms with Crippen molar-refractivity contribution >= 4 is 15.7 Å². The number of hydrogen-bond donors (Lipinski definition) is 0. The second-order valence-corrected chi connectivity index (χ2v) is 10.6. The fourth-order valence-electron chi connectivity index (χ4n) is 4.16. The van der Waals surface area contributed by atoms with Gasteiger partial charge in [-0.25, -0.2) is 8.42 Å². The highest BCUT2D eigenvalue weighted by Gasteiger charge is 2.32. The van der Waals surface area contributed by atoms with Gasteiger partial charge in [0.2, 0.25) is 5.91 Å². The summed E-state index contributed by atoms with van der Waals surface area (Å²) in [5, 5.41) is -0.428. The molecule has 1 fully saturated rings. The fourth-order valence-corrected chi connectivity index (χ4v) is 5.91. The van der Waals surface area contributed by atoms with Crippen LogP contribution in [0.4, 0.5) is 0 Å². The van der Waals surface area contributed by atoms with Crippen molar-refractivity contribution in [3.05, 3.63) is 96.1 Å². The first-order chi connectivity index (χ1) is 16.0. The zero-order valence-corrected chi connectivity index (χ0v) is 19.4. The number of piperidine rings is 1. The van der Waals surface area contributed by atoms with Crippen LogP contribution in [0.3, 0.4) is 0 Å². The zero-order chi connectivity index (χ0) is 23.1. The van der Waals surface area contributed by atoms with Gasteiger partial charge in [0, 0.05) is 19.5 Å². The SMILES string of the molecule is O=C(CCc1cccc(OCc2ccccc2)c1)N1CCC(S(=O)(=O)c2ccccc2)CC1. The second-order valence-electron chi connectivity index (χ2n) is 8.36. The summed E-state index contributed by atoms with van der Waals surface area (Å²) in [7, 11) is -3.35. The average molecular weight is 464 g/mol. The molecule has 0 aromatic heterocycles. The first-order valence-corrected chi connectivity index (χ1v) is 12.9. The summed E-state index contributed by atoms with van der Waals surface area (Å²) in [5.41, 5.74) is 2.16. The maximum Gasteiger partial charge on any atom is 0.222 e. The molecule has 1 amide bonds. The van der Waals surface area contributed by atoms with E-state index in [1.807, 2.05) is 60.7 Å². The summed E-state index contributed by atoms with van der Waals surface area (Å²) < 4.78 is 31.6. The Morgan fingerprint density at radius 2 is 1.48 bits per heavy atom. The zero-order valence-electron chi connectivity index (χ0n) is 18.6. The maximum absolute atomic E-state index is 12.8. The van der Waals surface area contributed by atoms with Gasteiger partial charge in [0.1, 0.15) is 12.4 Å². The normalized spacial score (nSPS) is 14.7. The van der Waals surface area contributed by atoms with Crippen LogP contribution in [0.2, 0.25) is 0 Å². The van der Waals surface area contributed by atoms with Gasteiger partial charge in [-0.15, -0.1) is 0 Å². The average Bonchev–Trinajstić information content (AvgIpc) is 2.87. The third kappa shape index (κ3) is 6.02. The van der Waals surface area contributed by atoms with Gasteiger partial charge in [-0.2, -0.15) is 0 Å². The predicted molar refractivity (Wildman–Crippen MR) is 129 cm³/mol. The number of carbonyl (C=O) groups is 1. The molecule has 0 bridgehead atoms. The lowest BCUT2D eigenvalue weighted by molar-refractivity contribution is -0.132. The van der Waals surface area contributed by atoms with E-state index >= 15 is 0 Å². The number of aryl methyl sites for hydroxylation is 1. The molecule has 5 nitrogen and oxygen atoms in total. The predicted octanol–water partition coefficient (Wildman–Crippen LogP) is 4.66. The summed E-state index contributed by atoms with van der Waals surface area (Å²) in [4.78, 5) is 14.9. The quantitative estimate of drug-likeness (QED) is 0.487. The molecule has 1 heterocycles. The maximum atomic E-state index is 12.8. The molecule has 1 aliphatic heterocycles. The summed E-state index contributed by atoms with van der Waals surface area (Å²) in [6.45, 7) is 1.47. The van der Waals surface area contributed by atoms with Crippen LogP contribution in [-0.4, -0.2) is 37.6 Å². The van der Waals surface area contributed by atoms with Crippen molar-refractivity contribution in [2.75, 3.05) is 13.1 Å². The van der Waals surface area contributed by atoms with Crippen LogP contribution in [0.1, 0.15) is 30.4 Å². The standard InChI is InChI=1S/C27H29NO4S/c29-27(28-18-16-26(17-19-28)33(30,31)25-12-5-2-6-13-25)15-14-22-10-7-11-24(20-22)32-21-23-8-3-1-4-9-23/h1-13,20,26H,14-19,21H2. The number of rotatable bonds is 8. The van der Waals surface area contributed by atoms with Gasteiger partial charge in [0.15, 0.2) is 9.84 Å². The molecule has 1 saturated heterocycles. The second kappa shape index (κ2) is 10.7. The Labute approximate surface area is 195 Å². The van der Waals surface area contributed by atoms with Crippen LogP contribution in [-0.2, 0) is 27.7 Å². The molecule has 0 saturated carbocycles. The Bertz CT molecular complexity index is 1150. The van der Waals surface area contributed by atoms with Crippen LogP contribution in [0.15, 0.2) is 89.8 Å². The Morgan fingerprint density at radius 3 is 2.18 bits per heavy atom. The molecule has 4 rings (SSSR count). The summed E-state index contributed by atoms with van der Waals surface area (Å²) in [5.74, 6) is 0.858. The van der Waals surface area contributed by atoms with Crippen molar-refractivity contribution < 1.29 is 17.9 Å². The van der Waals surface area contributed by atoms with Crippen molar-refractivity contribution in [1.82, 2.24) is 4.90 Å². The topological polar surface area (TPSA) is 63.7 Å². The number of likely N-dealkylation sites (tertiary alicyclic amines) is 1. The molecule has 0 N–H and O–H groups in total. The Hall–Kier alpha value is -3.12. The molecule has 3 aromatic rings. The Morgan fingerprint density at radius 1 is 0.848 bits per heavy atom. The van der Waals surface area contributed by atoms with E-state index in [4.69, 9.17) is 4.74 Å². The molecule has 0 spiro atoms. The van der Waals surface area contributed by atoms with Crippen LogP contribution in [0.5, 0.6) is 5.75 Å². The molecule has 0 aliphatic carbocycles. The molecule has 172 valence electrons. The first-order valence-electron chi connectivity index (χ1n) is 11.3. The lowest BCUT2D eigenvalue weighted by Crippen LogP contribution is -2.42. The summed E-state index contributed by atoms with van der Waals surface area (Å²) in [6, 6.07) is 26.4. The summed E-state index contributed by atoms with van der Waals surface area (Å²) >= 11 is 0. The molecule has 33 heavy (non-hydrogen) atoms. The minimum absolute atomic E-state index is 0.0705. The molecular weight excluding hydrogens is 434 g/mol. The molecule has 0 unspecified atom stereocenters. The summed E-state index contributed by atoms with van der Waals surface area (Å²) in [6.07, 6.45) is 1.99. The van der Waals surface area contributed by atoms with Gasteiger partial charge < -0.3 is 9.64 Å². The van der Waals surface area contributed by atoms with Gasteiger partial charge in [-0.05, 0) is 54.7 Å². The molecule has 0 radical (unpaired) electrons. The van der Waals surface area contributed by atoms with Gasteiger partial charge in [0.25, 0.3) is 0 Å². The van der Waals surface area contributed by atoms with Crippen molar-refractivity contribution in [3.8, 4) is 5.75 Å². The van der Waals surface area contributed by atoms with Gasteiger partial charge in [-0.1, -0.05) is 60.7 Å². The number of nitrogens with zero attached hydrogens (tertiary/aromatic N) is 1. The van der Waals surface area contributed by atoms with E-state index < -0.39 is 15.1 Å². The first kappa shape index (κ1) is 23.1. The monoisotopic (exact) mass is 463 g/mol. The van der Waals surface area contributed by atoms with E-state index in [0.717, 1.165) is 16.9 Å². The number of hydrogen-bond acceptors (Lipinski definition) is 4. The highest BCUT2D eigenvalue weighted by atomic mass is 32.2. The number of sulfone groups is 1. The van der Waals surface area contributed by atoms with Crippen molar-refractivity contribution in [3.63, 3.8) is 0 Å². The van der Waals surface area contributed by atoms with Crippen LogP contribution < -0.4 is 4.74 Å². The highest BCUT2D eigenvalue weighted by Crippen LogP contribution is 2.25. The van der Waals surface area contributed by atoms with E-state index in [2.05, 4.69) is 0 Å². The third-order valence-electron chi connectivity index (χ3n) is 6.08. The van der Waals surface area contributed by atoms with E-state index in [1.165, 1.54) is 0 Å². The van der Waals surface area contributed by atoms with Crippen LogP contribution >= 0.6 is 0 Å². The van der Waals surface area contributed by atoms with Crippen molar-refractivity contribution in [2.45, 2.75) is 42.4 Å². The Kier molecular flexibility index (Phi) is 7.45. The van der Waals surface area contributed by atoms with Gasteiger partial charge in [-0.3, -0.25) is 4.79 Å². The van der Waals surface area contributed by atoms with Crippen LogP contribution in [0.25, 0.3) is 0 Å². The number of carbonyl (C=O) groups excluding carboxylic acids is 1. The lowest BCUT2D eigenvalue weighted by atomic mass is 10.1. The minimum Gasteiger partial charge on any atom is -0.489 e. The van der Waals surface area contributed by atoms with E-state index in [0.29, 0.717) is 50.3 Å². The molecule has 3 aromatic carbocycles. The number of benzene rings is 3. The van der Waals surface area contributed by atoms with Gasteiger partial charge in [0.05, 0.1) is 10.1 Å². The molecule has 1 aliphatic rings. The Balaban J connectivity index is 1.26. The van der Waals surface area contributed by atoms with E-state index in [1.54, 1.807) is 29.2 Å². The largest absolute Gasteiger partial charge is 0.489 e. The fraction of sp³-hybridized carbons (Fsp3) is 0.296. The molecule has 6 heteroatoms. The van der Waals surface area contributed by atoms with Crippen molar-refractivity contribution in [2.24, 2.45) is 0 Å². The van der Waals surface area contributed by atoms with Crippen LogP contribution in [0, 0.1) is 0 Å². The number of amides is 1. The lowest BCUT2D eigenvalue weighted by Gasteiger charge is -2.32. The smallest absolute Gasteiger partial charge is 0.222 e. The third-order valence-corrected chi connectivity index (χ3v) is 8.36. The van der Waals surface area contributed by atoms with Gasteiger partial charge >= 0.3 is 0 Å². The van der Waals surface area contributed by atoms with E-state index in [-0.39, 0.29) is 5.91 Å². The number of ether oxygens (including phenoxy) is 1. The minimum atomic E-state index is -3.35. The van der Waals surface area contributed by atoms with Crippen molar-refractivity contribution in [1.29, 1.82) is 0 Å².